The number of halogens is 1. The molecule has 0 aliphatic carbocycles. The molecule has 1 aliphatic rings. The van der Waals surface area contributed by atoms with Crippen molar-refractivity contribution in [2.45, 2.75) is 19.3 Å². The van der Waals surface area contributed by atoms with E-state index in [-0.39, 0.29) is 5.82 Å². The van der Waals surface area contributed by atoms with Crippen LogP contribution in [0.1, 0.15) is 19.3 Å². The average molecular weight is 222 g/mol. The van der Waals surface area contributed by atoms with Gasteiger partial charge in [0.2, 0.25) is 0 Å². The highest BCUT2D eigenvalue weighted by atomic mass is 19.1. The van der Waals surface area contributed by atoms with Gasteiger partial charge in [-0.15, -0.1) is 0 Å². The lowest BCUT2D eigenvalue weighted by Gasteiger charge is -2.18. The van der Waals surface area contributed by atoms with Gasteiger partial charge in [-0.3, -0.25) is 0 Å². The first kappa shape index (κ1) is 11.4. The smallest absolute Gasteiger partial charge is 0.125 e. The molecule has 2 nitrogen and oxygen atoms in total. The summed E-state index contributed by atoms with van der Waals surface area (Å²) in [4.78, 5) is 2.27. The summed E-state index contributed by atoms with van der Waals surface area (Å²) in [5.74, 6) is 0.578. The highest BCUT2D eigenvalue weighted by Gasteiger charge is 2.22. The third-order valence-electron chi connectivity index (χ3n) is 3.28. The fraction of sp³-hybridized carbons (Fsp3) is 0.538. The van der Waals surface area contributed by atoms with Crippen LogP contribution in [0.5, 0.6) is 0 Å². The third kappa shape index (κ3) is 2.73. The Kier molecular flexibility index (Phi) is 3.78. The van der Waals surface area contributed by atoms with Gasteiger partial charge in [0, 0.05) is 18.8 Å². The van der Waals surface area contributed by atoms with Gasteiger partial charge in [0.25, 0.3) is 0 Å². The normalized spacial score (nSPS) is 20.4. The third-order valence-corrected chi connectivity index (χ3v) is 3.28. The molecule has 1 saturated heterocycles. The summed E-state index contributed by atoms with van der Waals surface area (Å²) in [7, 11) is 0. The summed E-state index contributed by atoms with van der Waals surface area (Å²) in [5.41, 5.74) is 6.52. The molecule has 1 fully saturated rings. The Morgan fingerprint density at radius 1 is 1.44 bits per heavy atom. The molecule has 88 valence electrons. The average Bonchev–Trinajstić information content (AvgIpc) is 2.75. The number of benzene rings is 1. The van der Waals surface area contributed by atoms with E-state index in [9.17, 15) is 4.39 Å². The summed E-state index contributed by atoms with van der Waals surface area (Å²) in [6.07, 6.45) is 3.50. The molecule has 1 aromatic carbocycles. The van der Waals surface area contributed by atoms with Gasteiger partial charge >= 0.3 is 0 Å². The first-order valence-electron chi connectivity index (χ1n) is 6.00. The lowest BCUT2D eigenvalue weighted by Crippen LogP contribution is -2.19. The number of hydrogen-bond donors (Lipinski definition) is 1. The van der Waals surface area contributed by atoms with E-state index in [1.54, 1.807) is 12.1 Å². The second-order valence-electron chi connectivity index (χ2n) is 4.51. The second-order valence-corrected chi connectivity index (χ2v) is 4.51. The van der Waals surface area contributed by atoms with E-state index in [0.717, 1.165) is 37.7 Å². The standard InChI is InChI=1S/C13H19FN2/c14-12-4-1-5-13(9-12)16-8-6-11(10-16)3-2-7-15/h1,4-5,9,11H,2-3,6-8,10,15H2. The minimum Gasteiger partial charge on any atom is -0.371 e. The van der Waals surface area contributed by atoms with Crippen LogP contribution in [0.4, 0.5) is 10.1 Å². The number of hydrogen-bond acceptors (Lipinski definition) is 2. The van der Waals surface area contributed by atoms with Gasteiger partial charge in [0.15, 0.2) is 0 Å². The van der Waals surface area contributed by atoms with Gasteiger partial charge in [0.05, 0.1) is 0 Å². The van der Waals surface area contributed by atoms with Crippen LogP contribution >= 0.6 is 0 Å². The molecule has 0 radical (unpaired) electrons. The van der Waals surface area contributed by atoms with Crippen molar-refractivity contribution in [1.82, 2.24) is 0 Å². The SMILES string of the molecule is NCCCC1CCN(c2cccc(F)c2)C1. The number of nitrogens with two attached hydrogens (primary N) is 1. The van der Waals surface area contributed by atoms with Crippen molar-refractivity contribution in [3.63, 3.8) is 0 Å². The minimum absolute atomic E-state index is 0.150. The Labute approximate surface area is 96.2 Å². The first-order valence-corrected chi connectivity index (χ1v) is 6.00. The molecule has 1 heterocycles. The van der Waals surface area contributed by atoms with E-state index < -0.39 is 0 Å². The maximum Gasteiger partial charge on any atom is 0.125 e. The summed E-state index contributed by atoms with van der Waals surface area (Å²) in [5, 5.41) is 0. The monoisotopic (exact) mass is 222 g/mol. The second kappa shape index (κ2) is 5.30. The molecular weight excluding hydrogens is 203 g/mol. The predicted molar refractivity (Wildman–Crippen MR) is 65.0 cm³/mol. The molecular formula is C13H19FN2. The van der Waals surface area contributed by atoms with E-state index in [2.05, 4.69) is 4.90 Å². The lowest BCUT2D eigenvalue weighted by molar-refractivity contribution is 0.519. The minimum atomic E-state index is -0.150. The van der Waals surface area contributed by atoms with Gasteiger partial charge in [0.1, 0.15) is 5.82 Å². The molecule has 0 aromatic heterocycles. The topological polar surface area (TPSA) is 29.3 Å². The molecule has 1 unspecified atom stereocenters. The van der Waals surface area contributed by atoms with Crippen LogP contribution in [0.25, 0.3) is 0 Å². The van der Waals surface area contributed by atoms with Crippen molar-refractivity contribution in [3.05, 3.63) is 30.1 Å². The van der Waals surface area contributed by atoms with Gasteiger partial charge in [-0.1, -0.05) is 6.07 Å². The van der Waals surface area contributed by atoms with E-state index in [0.29, 0.717) is 0 Å². The first-order chi connectivity index (χ1) is 7.79. The van der Waals surface area contributed by atoms with Crippen LogP contribution < -0.4 is 10.6 Å². The summed E-state index contributed by atoms with van der Waals surface area (Å²) >= 11 is 0. The van der Waals surface area contributed by atoms with E-state index in [1.165, 1.54) is 18.9 Å². The number of rotatable bonds is 4. The molecule has 0 saturated carbocycles. The Balaban J connectivity index is 1.93. The van der Waals surface area contributed by atoms with Gasteiger partial charge in [-0.05, 0) is 49.9 Å². The largest absolute Gasteiger partial charge is 0.371 e. The maximum atomic E-state index is 13.1. The molecule has 2 N–H and O–H groups in total. The Bertz CT molecular complexity index is 340. The Morgan fingerprint density at radius 2 is 2.31 bits per heavy atom. The number of nitrogens with zero attached hydrogens (tertiary/aromatic N) is 1. The van der Waals surface area contributed by atoms with Crippen molar-refractivity contribution in [2.75, 3.05) is 24.5 Å². The molecule has 0 bridgehead atoms. The summed E-state index contributed by atoms with van der Waals surface area (Å²) in [6.45, 7) is 2.86. The fourth-order valence-corrected chi connectivity index (χ4v) is 2.38. The summed E-state index contributed by atoms with van der Waals surface area (Å²) in [6, 6.07) is 6.86. The highest BCUT2D eigenvalue weighted by molar-refractivity contribution is 5.47. The van der Waals surface area contributed by atoms with Gasteiger partial charge < -0.3 is 10.6 Å². The van der Waals surface area contributed by atoms with Crippen LogP contribution in [0.2, 0.25) is 0 Å². The van der Waals surface area contributed by atoms with Crippen LogP contribution in [-0.2, 0) is 0 Å². The predicted octanol–water partition coefficient (Wildman–Crippen LogP) is 2.39. The van der Waals surface area contributed by atoms with Crippen molar-refractivity contribution >= 4 is 5.69 Å². The highest BCUT2D eigenvalue weighted by Crippen LogP contribution is 2.26. The number of anilines is 1. The van der Waals surface area contributed by atoms with Crippen molar-refractivity contribution in [1.29, 1.82) is 0 Å². The van der Waals surface area contributed by atoms with E-state index >= 15 is 0 Å². The molecule has 0 spiro atoms. The molecule has 16 heavy (non-hydrogen) atoms. The van der Waals surface area contributed by atoms with E-state index in [1.807, 2.05) is 6.07 Å². The molecule has 1 atom stereocenters. The molecule has 2 rings (SSSR count). The fourth-order valence-electron chi connectivity index (χ4n) is 2.38. The molecule has 3 heteroatoms. The zero-order valence-electron chi connectivity index (χ0n) is 9.53. The molecule has 0 amide bonds. The lowest BCUT2D eigenvalue weighted by atomic mass is 10.0. The Hall–Kier alpha value is -1.09. The maximum absolute atomic E-state index is 13.1. The zero-order valence-corrected chi connectivity index (χ0v) is 9.53. The van der Waals surface area contributed by atoms with Crippen molar-refractivity contribution in [3.8, 4) is 0 Å². The van der Waals surface area contributed by atoms with Crippen LogP contribution in [0, 0.1) is 11.7 Å². The van der Waals surface area contributed by atoms with Crippen LogP contribution in [0.15, 0.2) is 24.3 Å². The summed E-state index contributed by atoms with van der Waals surface area (Å²) < 4.78 is 13.1. The molecule has 1 aliphatic heterocycles. The van der Waals surface area contributed by atoms with E-state index in [4.69, 9.17) is 5.73 Å². The van der Waals surface area contributed by atoms with Crippen molar-refractivity contribution in [2.24, 2.45) is 11.7 Å². The van der Waals surface area contributed by atoms with Gasteiger partial charge in [-0.2, -0.15) is 0 Å². The zero-order chi connectivity index (χ0) is 11.4. The molecule has 1 aromatic rings. The van der Waals surface area contributed by atoms with Crippen LogP contribution in [-0.4, -0.2) is 19.6 Å². The Morgan fingerprint density at radius 3 is 3.06 bits per heavy atom. The quantitative estimate of drug-likeness (QED) is 0.847. The van der Waals surface area contributed by atoms with Crippen LogP contribution in [0.3, 0.4) is 0 Å². The van der Waals surface area contributed by atoms with Crippen molar-refractivity contribution < 1.29 is 4.39 Å². The van der Waals surface area contributed by atoms with Gasteiger partial charge in [-0.25, -0.2) is 4.39 Å².